The van der Waals surface area contributed by atoms with Gasteiger partial charge < -0.3 is 20.7 Å². The minimum atomic E-state index is -0.265. The van der Waals surface area contributed by atoms with Crippen LogP contribution in [0.5, 0.6) is 0 Å². The van der Waals surface area contributed by atoms with Crippen LogP contribution in [-0.4, -0.2) is 43.2 Å². The Morgan fingerprint density at radius 2 is 2.22 bits per heavy atom. The number of carbonyl (C=O) groups excluding carboxylic acids is 1. The molecule has 1 aromatic carbocycles. The molecule has 0 aliphatic carbocycles. The minimum Gasteiger partial charge on any atom is -0.445 e. The molecular formula is C13H19N3O2. The molecule has 1 fully saturated rings. The molecule has 5 nitrogen and oxygen atoms in total. The second kappa shape index (κ2) is 6.37. The van der Waals surface area contributed by atoms with Crippen LogP contribution in [0, 0.1) is 0 Å². The number of nitrogens with zero attached hydrogens (tertiary/aromatic N) is 1. The maximum Gasteiger partial charge on any atom is 0.410 e. The van der Waals surface area contributed by atoms with Gasteiger partial charge in [-0.15, -0.1) is 0 Å². The predicted octanol–water partition coefficient (Wildman–Crippen LogP) is 0.556. The van der Waals surface area contributed by atoms with Crippen molar-refractivity contribution in [2.24, 2.45) is 5.73 Å². The van der Waals surface area contributed by atoms with Crippen LogP contribution in [0.1, 0.15) is 5.56 Å². The van der Waals surface area contributed by atoms with Gasteiger partial charge in [0.1, 0.15) is 6.61 Å². The number of nitrogens with two attached hydrogens (primary N) is 1. The van der Waals surface area contributed by atoms with Crippen molar-refractivity contribution < 1.29 is 9.53 Å². The number of hydrogen-bond donors (Lipinski definition) is 2. The summed E-state index contributed by atoms with van der Waals surface area (Å²) >= 11 is 0. The van der Waals surface area contributed by atoms with Crippen molar-refractivity contribution in [3.8, 4) is 0 Å². The van der Waals surface area contributed by atoms with Crippen molar-refractivity contribution >= 4 is 6.09 Å². The second-order valence-electron chi connectivity index (χ2n) is 4.37. The zero-order valence-electron chi connectivity index (χ0n) is 10.3. The van der Waals surface area contributed by atoms with Crippen molar-refractivity contribution in [2.75, 3.05) is 26.2 Å². The maximum atomic E-state index is 11.9. The molecule has 0 radical (unpaired) electrons. The van der Waals surface area contributed by atoms with Gasteiger partial charge >= 0.3 is 6.09 Å². The fourth-order valence-electron chi connectivity index (χ4n) is 1.96. The monoisotopic (exact) mass is 249 g/mol. The van der Waals surface area contributed by atoms with Crippen molar-refractivity contribution in [3.05, 3.63) is 35.9 Å². The zero-order valence-corrected chi connectivity index (χ0v) is 10.3. The third kappa shape index (κ3) is 3.45. The molecular weight excluding hydrogens is 230 g/mol. The fraction of sp³-hybridized carbons (Fsp3) is 0.462. The maximum absolute atomic E-state index is 11.9. The fourth-order valence-corrected chi connectivity index (χ4v) is 1.96. The highest BCUT2D eigenvalue weighted by Crippen LogP contribution is 2.05. The summed E-state index contributed by atoms with van der Waals surface area (Å²) in [4.78, 5) is 13.6. The molecule has 1 amide bonds. The van der Waals surface area contributed by atoms with Crippen molar-refractivity contribution in [1.82, 2.24) is 10.2 Å². The molecule has 1 aliphatic rings. The number of amides is 1. The van der Waals surface area contributed by atoms with E-state index in [2.05, 4.69) is 5.32 Å². The number of nitrogens with one attached hydrogen (secondary N) is 1. The first-order chi connectivity index (χ1) is 8.79. The van der Waals surface area contributed by atoms with Gasteiger partial charge in [0.25, 0.3) is 0 Å². The van der Waals surface area contributed by atoms with E-state index in [4.69, 9.17) is 10.5 Å². The van der Waals surface area contributed by atoms with Crippen LogP contribution >= 0.6 is 0 Å². The van der Waals surface area contributed by atoms with Crippen LogP contribution in [0.3, 0.4) is 0 Å². The quantitative estimate of drug-likeness (QED) is 0.821. The number of ether oxygens (including phenoxy) is 1. The lowest BCUT2D eigenvalue weighted by Gasteiger charge is -2.32. The molecule has 0 spiro atoms. The van der Waals surface area contributed by atoms with Crippen LogP contribution < -0.4 is 11.1 Å². The van der Waals surface area contributed by atoms with E-state index >= 15 is 0 Å². The molecule has 2 rings (SSSR count). The average molecular weight is 249 g/mol. The summed E-state index contributed by atoms with van der Waals surface area (Å²) in [5.41, 5.74) is 6.59. The highest BCUT2D eigenvalue weighted by atomic mass is 16.6. The van der Waals surface area contributed by atoms with E-state index in [1.165, 1.54) is 0 Å². The van der Waals surface area contributed by atoms with Crippen LogP contribution in [0.2, 0.25) is 0 Å². The molecule has 1 unspecified atom stereocenters. The normalized spacial score (nSPS) is 19.6. The average Bonchev–Trinajstić information content (AvgIpc) is 2.46. The molecule has 0 bridgehead atoms. The molecule has 0 saturated carbocycles. The number of carbonyl (C=O) groups is 1. The van der Waals surface area contributed by atoms with E-state index in [1.54, 1.807) is 4.90 Å². The number of benzene rings is 1. The molecule has 18 heavy (non-hydrogen) atoms. The third-order valence-corrected chi connectivity index (χ3v) is 3.00. The summed E-state index contributed by atoms with van der Waals surface area (Å²) < 4.78 is 5.28. The molecule has 1 aromatic rings. The topological polar surface area (TPSA) is 67.6 Å². The highest BCUT2D eigenvalue weighted by Gasteiger charge is 2.23. The van der Waals surface area contributed by atoms with Gasteiger partial charge in [0, 0.05) is 32.2 Å². The second-order valence-corrected chi connectivity index (χ2v) is 4.37. The van der Waals surface area contributed by atoms with E-state index in [0.717, 1.165) is 12.1 Å². The van der Waals surface area contributed by atoms with Crippen LogP contribution in [0.25, 0.3) is 0 Å². The van der Waals surface area contributed by atoms with E-state index in [9.17, 15) is 4.79 Å². The summed E-state index contributed by atoms with van der Waals surface area (Å²) in [5, 5.41) is 3.25. The molecule has 5 heteroatoms. The van der Waals surface area contributed by atoms with E-state index in [0.29, 0.717) is 26.2 Å². The standard InChI is InChI=1S/C13H19N3O2/c14-8-12-9-16(7-6-15-12)13(17)18-10-11-4-2-1-3-5-11/h1-5,12,15H,6-10,14H2. The first-order valence-electron chi connectivity index (χ1n) is 6.18. The lowest BCUT2D eigenvalue weighted by molar-refractivity contribution is 0.0856. The summed E-state index contributed by atoms with van der Waals surface area (Å²) in [5.74, 6) is 0. The largest absolute Gasteiger partial charge is 0.445 e. The number of hydrogen-bond acceptors (Lipinski definition) is 4. The smallest absolute Gasteiger partial charge is 0.410 e. The van der Waals surface area contributed by atoms with Gasteiger partial charge in [-0.25, -0.2) is 4.79 Å². The van der Waals surface area contributed by atoms with Gasteiger partial charge in [0.05, 0.1) is 0 Å². The summed E-state index contributed by atoms with van der Waals surface area (Å²) in [6.45, 7) is 2.90. The van der Waals surface area contributed by atoms with E-state index in [-0.39, 0.29) is 12.1 Å². The molecule has 3 N–H and O–H groups in total. The van der Waals surface area contributed by atoms with Crippen molar-refractivity contribution in [2.45, 2.75) is 12.6 Å². The Balaban J connectivity index is 1.81. The lowest BCUT2D eigenvalue weighted by Crippen LogP contribution is -2.55. The summed E-state index contributed by atoms with van der Waals surface area (Å²) in [6.07, 6.45) is -0.265. The van der Waals surface area contributed by atoms with Gasteiger partial charge in [-0.05, 0) is 5.56 Å². The summed E-state index contributed by atoms with van der Waals surface area (Å²) in [7, 11) is 0. The molecule has 0 aromatic heterocycles. The first-order valence-corrected chi connectivity index (χ1v) is 6.18. The van der Waals surface area contributed by atoms with Gasteiger partial charge in [0.15, 0.2) is 0 Å². The zero-order chi connectivity index (χ0) is 12.8. The van der Waals surface area contributed by atoms with Crippen molar-refractivity contribution in [1.29, 1.82) is 0 Å². The molecule has 1 heterocycles. The Morgan fingerprint density at radius 3 is 2.94 bits per heavy atom. The SMILES string of the molecule is NCC1CN(C(=O)OCc2ccccc2)CCN1. The Bertz CT molecular complexity index is 383. The Morgan fingerprint density at radius 1 is 1.44 bits per heavy atom. The van der Waals surface area contributed by atoms with Crippen LogP contribution in [0.15, 0.2) is 30.3 Å². The summed E-state index contributed by atoms with van der Waals surface area (Å²) in [6, 6.07) is 9.84. The first kappa shape index (κ1) is 12.9. The Labute approximate surface area is 107 Å². The highest BCUT2D eigenvalue weighted by molar-refractivity contribution is 5.67. The van der Waals surface area contributed by atoms with Crippen LogP contribution in [0.4, 0.5) is 4.79 Å². The van der Waals surface area contributed by atoms with Gasteiger partial charge in [-0.2, -0.15) is 0 Å². The van der Waals surface area contributed by atoms with Gasteiger partial charge in [-0.3, -0.25) is 0 Å². The van der Waals surface area contributed by atoms with E-state index in [1.807, 2.05) is 30.3 Å². The Kier molecular flexibility index (Phi) is 4.55. The van der Waals surface area contributed by atoms with Crippen LogP contribution in [-0.2, 0) is 11.3 Å². The van der Waals surface area contributed by atoms with Gasteiger partial charge in [-0.1, -0.05) is 30.3 Å². The number of rotatable bonds is 3. The molecule has 1 atom stereocenters. The number of piperazine rings is 1. The lowest BCUT2D eigenvalue weighted by atomic mass is 10.2. The molecule has 1 aliphatic heterocycles. The molecule has 98 valence electrons. The minimum absolute atomic E-state index is 0.169. The Hall–Kier alpha value is -1.59. The van der Waals surface area contributed by atoms with Gasteiger partial charge in [0.2, 0.25) is 0 Å². The third-order valence-electron chi connectivity index (χ3n) is 3.00. The predicted molar refractivity (Wildman–Crippen MR) is 69.0 cm³/mol. The van der Waals surface area contributed by atoms with E-state index < -0.39 is 0 Å². The molecule has 1 saturated heterocycles. The van der Waals surface area contributed by atoms with Crippen molar-refractivity contribution in [3.63, 3.8) is 0 Å².